The number of aliphatic hydroxyl groups excluding tert-OH is 1. The first kappa shape index (κ1) is 17.8. The summed E-state index contributed by atoms with van der Waals surface area (Å²) in [4.78, 5) is 12.1. The van der Waals surface area contributed by atoms with Gasteiger partial charge in [-0.15, -0.1) is 0 Å². The lowest BCUT2D eigenvalue weighted by molar-refractivity contribution is -0.144. The van der Waals surface area contributed by atoms with Gasteiger partial charge in [0.25, 0.3) is 5.91 Å². The smallest absolute Gasteiger partial charge is 0.396 e. The fourth-order valence-corrected chi connectivity index (χ4v) is 3.18. The predicted molar refractivity (Wildman–Crippen MR) is 77.8 cm³/mol. The monoisotopic (exact) mass is 333 g/mol. The number of hydrogen-bond acceptors (Lipinski definition) is 3. The third-order valence-corrected chi connectivity index (χ3v) is 4.35. The predicted octanol–water partition coefficient (Wildman–Crippen LogP) is 2.45. The Hall–Kier alpha value is -1.57. The molecule has 130 valence electrons. The fourth-order valence-electron chi connectivity index (χ4n) is 3.18. The van der Waals surface area contributed by atoms with Crippen molar-refractivity contribution in [2.75, 3.05) is 13.2 Å². The summed E-state index contributed by atoms with van der Waals surface area (Å²) < 4.78 is 40.1. The Kier molecular flexibility index (Phi) is 5.67. The van der Waals surface area contributed by atoms with Gasteiger partial charge in [0.1, 0.15) is 0 Å². The minimum Gasteiger partial charge on any atom is -0.396 e. The van der Waals surface area contributed by atoms with Crippen LogP contribution in [0.15, 0.2) is 6.20 Å². The van der Waals surface area contributed by atoms with Gasteiger partial charge in [-0.1, -0.05) is 6.42 Å². The van der Waals surface area contributed by atoms with E-state index in [0.717, 1.165) is 36.6 Å². The number of carbonyl (C=O) groups excluding carboxylic acids is 1. The van der Waals surface area contributed by atoms with Crippen molar-refractivity contribution in [1.29, 1.82) is 0 Å². The van der Waals surface area contributed by atoms with Crippen molar-refractivity contribution in [2.24, 2.45) is 11.8 Å². The SMILES string of the molecule is CCn1ncc(C(=O)NC[C@H]2CCC[C@@H](CO)C2)c1C(F)(F)F. The van der Waals surface area contributed by atoms with Gasteiger partial charge in [0.15, 0.2) is 5.69 Å². The standard InChI is InChI=1S/C15H22F3N3O2/c1-2-21-13(15(16,17)18)12(8-20-21)14(23)19-7-10-4-3-5-11(6-10)9-22/h8,10-11,22H,2-7,9H2,1H3,(H,19,23)/t10-,11+/m0/s1. The molecule has 8 heteroatoms. The molecule has 1 aromatic heterocycles. The molecule has 0 aromatic carbocycles. The van der Waals surface area contributed by atoms with Crippen molar-refractivity contribution in [3.8, 4) is 0 Å². The summed E-state index contributed by atoms with van der Waals surface area (Å²) in [6.45, 7) is 2.03. The van der Waals surface area contributed by atoms with Gasteiger partial charge >= 0.3 is 6.18 Å². The van der Waals surface area contributed by atoms with Crippen molar-refractivity contribution >= 4 is 5.91 Å². The number of halogens is 3. The van der Waals surface area contributed by atoms with Crippen LogP contribution >= 0.6 is 0 Å². The van der Waals surface area contributed by atoms with Crippen LogP contribution in [0.25, 0.3) is 0 Å². The molecular weight excluding hydrogens is 311 g/mol. The summed E-state index contributed by atoms with van der Waals surface area (Å²) in [7, 11) is 0. The summed E-state index contributed by atoms with van der Waals surface area (Å²) in [5, 5.41) is 15.4. The average molecular weight is 333 g/mol. The first-order valence-corrected chi connectivity index (χ1v) is 7.88. The number of aromatic nitrogens is 2. The van der Waals surface area contributed by atoms with Crippen LogP contribution < -0.4 is 5.32 Å². The molecule has 2 N–H and O–H groups in total. The van der Waals surface area contributed by atoms with Gasteiger partial charge < -0.3 is 10.4 Å². The van der Waals surface area contributed by atoms with E-state index in [1.807, 2.05) is 0 Å². The lowest BCUT2D eigenvalue weighted by Gasteiger charge is -2.28. The Bertz CT molecular complexity index is 543. The number of alkyl halides is 3. The van der Waals surface area contributed by atoms with Gasteiger partial charge in [0.2, 0.25) is 0 Å². The van der Waals surface area contributed by atoms with Gasteiger partial charge in [-0.3, -0.25) is 9.48 Å². The highest BCUT2D eigenvalue weighted by atomic mass is 19.4. The summed E-state index contributed by atoms with van der Waals surface area (Å²) >= 11 is 0. The quantitative estimate of drug-likeness (QED) is 0.870. The molecule has 5 nitrogen and oxygen atoms in total. The second-order valence-corrected chi connectivity index (χ2v) is 6.01. The first-order chi connectivity index (χ1) is 10.9. The molecule has 1 fully saturated rings. The van der Waals surface area contributed by atoms with E-state index >= 15 is 0 Å². The summed E-state index contributed by atoms with van der Waals surface area (Å²) in [5.74, 6) is -0.331. The molecule has 1 saturated carbocycles. The molecule has 1 heterocycles. The lowest BCUT2D eigenvalue weighted by atomic mass is 9.82. The van der Waals surface area contributed by atoms with Crippen molar-refractivity contribution in [2.45, 2.75) is 45.3 Å². The highest BCUT2D eigenvalue weighted by Gasteiger charge is 2.39. The molecule has 0 spiro atoms. The number of hydrogen-bond donors (Lipinski definition) is 2. The number of nitrogens with one attached hydrogen (secondary N) is 1. The van der Waals surface area contributed by atoms with E-state index in [-0.39, 0.29) is 25.0 Å². The zero-order valence-corrected chi connectivity index (χ0v) is 13.1. The Morgan fingerprint density at radius 1 is 1.43 bits per heavy atom. The van der Waals surface area contributed by atoms with Crippen molar-refractivity contribution in [3.63, 3.8) is 0 Å². The number of aryl methyl sites for hydroxylation is 1. The Morgan fingerprint density at radius 2 is 2.13 bits per heavy atom. The fraction of sp³-hybridized carbons (Fsp3) is 0.733. The van der Waals surface area contributed by atoms with Crippen LogP contribution in [0.5, 0.6) is 0 Å². The molecule has 0 bridgehead atoms. The van der Waals surface area contributed by atoms with E-state index < -0.39 is 23.3 Å². The number of nitrogens with zero attached hydrogens (tertiary/aromatic N) is 2. The van der Waals surface area contributed by atoms with Gasteiger partial charge in [-0.2, -0.15) is 18.3 Å². The molecule has 23 heavy (non-hydrogen) atoms. The highest BCUT2D eigenvalue weighted by molar-refractivity contribution is 5.95. The van der Waals surface area contributed by atoms with Gasteiger partial charge in [-0.05, 0) is 38.0 Å². The summed E-state index contributed by atoms with van der Waals surface area (Å²) in [5.41, 5.74) is -1.44. The van der Waals surface area contributed by atoms with Crippen molar-refractivity contribution in [3.05, 3.63) is 17.5 Å². The van der Waals surface area contributed by atoms with Crippen molar-refractivity contribution in [1.82, 2.24) is 15.1 Å². The van der Waals surface area contributed by atoms with E-state index in [0.29, 0.717) is 6.54 Å². The highest BCUT2D eigenvalue weighted by Crippen LogP contribution is 2.32. The number of aliphatic hydroxyl groups is 1. The van der Waals surface area contributed by atoms with Gasteiger partial charge in [0, 0.05) is 19.7 Å². The molecule has 1 aliphatic carbocycles. The number of amides is 1. The van der Waals surface area contributed by atoms with Crippen LogP contribution in [0.4, 0.5) is 13.2 Å². The lowest BCUT2D eigenvalue weighted by Crippen LogP contribution is -2.33. The molecule has 0 saturated heterocycles. The van der Waals surface area contributed by atoms with Crippen LogP contribution in [-0.2, 0) is 12.7 Å². The third-order valence-electron chi connectivity index (χ3n) is 4.35. The van der Waals surface area contributed by atoms with Crippen LogP contribution in [0.3, 0.4) is 0 Å². The van der Waals surface area contributed by atoms with Crippen LogP contribution in [0.1, 0.15) is 48.7 Å². The van der Waals surface area contributed by atoms with E-state index in [1.165, 1.54) is 0 Å². The normalized spacial score (nSPS) is 22.1. The van der Waals surface area contributed by atoms with E-state index in [1.54, 1.807) is 6.92 Å². The van der Waals surface area contributed by atoms with Gasteiger partial charge in [0.05, 0.1) is 11.8 Å². The Labute approximate surface area is 132 Å². The zero-order valence-electron chi connectivity index (χ0n) is 13.1. The minimum absolute atomic E-state index is 0.0446. The Balaban J connectivity index is 2.02. The first-order valence-electron chi connectivity index (χ1n) is 7.88. The van der Waals surface area contributed by atoms with Crippen LogP contribution in [-0.4, -0.2) is 33.9 Å². The van der Waals surface area contributed by atoms with Crippen LogP contribution in [0.2, 0.25) is 0 Å². The molecular formula is C15H22F3N3O2. The zero-order chi connectivity index (χ0) is 17.0. The second kappa shape index (κ2) is 7.33. The topological polar surface area (TPSA) is 67.2 Å². The minimum atomic E-state index is -4.62. The second-order valence-electron chi connectivity index (χ2n) is 6.01. The molecule has 2 atom stereocenters. The summed E-state index contributed by atoms with van der Waals surface area (Å²) in [6.07, 6.45) is -0.0188. The van der Waals surface area contributed by atoms with Crippen molar-refractivity contribution < 1.29 is 23.1 Å². The van der Waals surface area contributed by atoms with E-state index in [2.05, 4.69) is 10.4 Å². The van der Waals surface area contributed by atoms with E-state index in [4.69, 9.17) is 0 Å². The third kappa shape index (κ3) is 4.25. The molecule has 0 unspecified atom stereocenters. The van der Waals surface area contributed by atoms with Gasteiger partial charge in [-0.25, -0.2) is 0 Å². The molecule has 1 amide bonds. The maximum absolute atomic E-state index is 13.1. The molecule has 0 aliphatic heterocycles. The number of rotatable bonds is 5. The van der Waals surface area contributed by atoms with Crippen LogP contribution in [0, 0.1) is 11.8 Å². The van der Waals surface area contributed by atoms with E-state index in [9.17, 15) is 23.1 Å². The molecule has 2 rings (SSSR count). The molecule has 1 aliphatic rings. The largest absolute Gasteiger partial charge is 0.433 e. The summed E-state index contributed by atoms with van der Waals surface area (Å²) in [6, 6.07) is 0. The molecule has 1 aromatic rings. The average Bonchev–Trinajstić information content (AvgIpc) is 2.97. The Morgan fingerprint density at radius 3 is 2.74 bits per heavy atom. The maximum atomic E-state index is 13.1. The maximum Gasteiger partial charge on any atom is 0.433 e. The number of carbonyl (C=O) groups is 1. The molecule has 0 radical (unpaired) electrons.